The SMILES string of the molecule is CC(C)=CCn1cc(C[C@H](N)C(=O)O)c2ccccc21. The predicted molar refractivity (Wildman–Crippen MR) is 80.7 cm³/mol. The molecule has 2 aromatic rings. The Labute approximate surface area is 118 Å². The van der Waals surface area contributed by atoms with E-state index in [-0.39, 0.29) is 0 Å². The van der Waals surface area contributed by atoms with Crippen molar-refractivity contribution in [2.24, 2.45) is 5.73 Å². The fraction of sp³-hybridized carbons (Fsp3) is 0.312. The number of hydrogen-bond acceptors (Lipinski definition) is 2. The van der Waals surface area contributed by atoms with E-state index in [0.29, 0.717) is 6.42 Å². The average Bonchev–Trinajstić information content (AvgIpc) is 2.75. The van der Waals surface area contributed by atoms with Gasteiger partial charge in [0.15, 0.2) is 0 Å². The van der Waals surface area contributed by atoms with Crippen LogP contribution in [-0.4, -0.2) is 21.7 Å². The Kier molecular flexibility index (Phi) is 4.25. The van der Waals surface area contributed by atoms with Crippen LogP contribution in [0.4, 0.5) is 0 Å². The average molecular weight is 272 g/mol. The molecule has 4 heteroatoms. The number of allylic oxidation sites excluding steroid dienone is 2. The lowest BCUT2D eigenvalue weighted by atomic mass is 10.1. The summed E-state index contributed by atoms with van der Waals surface area (Å²) < 4.78 is 2.13. The number of nitrogens with two attached hydrogens (primary N) is 1. The minimum absolute atomic E-state index is 0.345. The second-order valence-corrected chi connectivity index (χ2v) is 5.25. The van der Waals surface area contributed by atoms with Crippen LogP contribution in [0.1, 0.15) is 19.4 Å². The number of carboxylic acids is 1. The van der Waals surface area contributed by atoms with Crippen LogP contribution in [0.5, 0.6) is 0 Å². The molecule has 20 heavy (non-hydrogen) atoms. The third-order valence-corrected chi connectivity index (χ3v) is 3.32. The monoisotopic (exact) mass is 272 g/mol. The van der Waals surface area contributed by atoms with Gasteiger partial charge in [-0.1, -0.05) is 29.8 Å². The Balaban J connectivity index is 2.40. The molecule has 0 spiro atoms. The predicted octanol–water partition coefficient (Wildman–Crippen LogP) is 2.56. The van der Waals surface area contributed by atoms with Gasteiger partial charge >= 0.3 is 5.97 Å². The first-order valence-corrected chi connectivity index (χ1v) is 6.67. The summed E-state index contributed by atoms with van der Waals surface area (Å²) in [7, 11) is 0. The summed E-state index contributed by atoms with van der Waals surface area (Å²) >= 11 is 0. The molecule has 1 aromatic heterocycles. The third-order valence-electron chi connectivity index (χ3n) is 3.32. The lowest BCUT2D eigenvalue weighted by Gasteiger charge is -2.04. The minimum Gasteiger partial charge on any atom is -0.480 e. The zero-order valence-corrected chi connectivity index (χ0v) is 11.8. The summed E-state index contributed by atoms with van der Waals surface area (Å²) in [4.78, 5) is 10.9. The number of hydrogen-bond donors (Lipinski definition) is 2. The van der Waals surface area contributed by atoms with Crippen LogP contribution in [0.25, 0.3) is 10.9 Å². The van der Waals surface area contributed by atoms with Gasteiger partial charge in [0.25, 0.3) is 0 Å². The van der Waals surface area contributed by atoms with Crippen LogP contribution in [0.2, 0.25) is 0 Å². The molecule has 0 saturated carbocycles. The quantitative estimate of drug-likeness (QED) is 0.822. The summed E-state index contributed by atoms with van der Waals surface area (Å²) in [6, 6.07) is 7.14. The van der Waals surface area contributed by atoms with Gasteiger partial charge in [-0.15, -0.1) is 0 Å². The van der Waals surface area contributed by atoms with Crippen LogP contribution in [0, 0.1) is 0 Å². The number of carbonyl (C=O) groups is 1. The van der Waals surface area contributed by atoms with E-state index >= 15 is 0 Å². The molecule has 3 N–H and O–H groups in total. The Hall–Kier alpha value is -2.07. The maximum atomic E-state index is 10.9. The van der Waals surface area contributed by atoms with Gasteiger partial charge in [-0.05, 0) is 25.5 Å². The maximum absolute atomic E-state index is 10.9. The summed E-state index contributed by atoms with van der Waals surface area (Å²) in [6.07, 6.45) is 4.50. The van der Waals surface area contributed by atoms with Crippen molar-refractivity contribution in [2.75, 3.05) is 0 Å². The molecule has 1 aromatic carbocycles. The zero-order chi connectivity index (χ0) is 14.7. The first kappa shape index (κ1) is 14.3. The van der Waals surface area contributed by atoms with Gasteiger partial charge < -0.3 is 15.4 Å². The number of benzene rings is 1. The van der Waals surface area contributed by atoms with Gasteiger partial charge in [0.1, 0.15) is 6.04 Å². The Morgan fingerprint density at radius 1 is 1.40 bits per heavy atom. The number of para-hydroxylation sites is 1. The molecule has 0 unspecified atom stereocenters. The van der Waals surface area contributed by atoms with Gasteiger partial charge in [0.05, 0.1) is 0 Å². The first-order chi connectivity index (χ1) is 9.49. The van der Waals surface area contributed by atoms with E-state index in [1.165, 1.54) is 5.57 Å². The van der Waals surface area contributed by atoms with E-state index in [1.54, 1.807) is 0 Å². The number of aromatic nitrogens is 1. The fourth-order valence-corrected chi connectivity index (χ4v) is 2.24. The lowest BCUT2D eigenvalue weighted by Crippen LogP contribution is -2.32. The molecule has 0 saturated heterocycles. The smallest absolute Gasteiger partial charge is 0.320 e. The minimum atomic E-state index is -0.967. The molecule has 0 fully saturated rings. The van der Waals surface area contributed by atoms with Crippen LogP contribution >= 0.6 is 0 Å². The molecule has 0 amide bonds. The molecule has 0 bridgehead atoms. The summed E-state index contributed by atoms with van der Waals surface area (Å²) in [5.41, 5.74) is 9.00. The van der Waals surface area contributed by atoms with Crippen molar-refractivity contribution < 1.29 is 9.90 Å². The molecule has 0 aliphatic heterocycles. The highest BCUT2D eigenvalue weighted by Gasteiger charge is 2.16. The molecule has 0 aliphatic carbocycles. The maximum Gasteiger partial charge on any atom is 0.320 e. The number of rotatable bonds is 5. The molecule has 106 valence electrons. The van der Waals surface area contributed by atoms with E-state index in [9.17, 15) is 4.79 Å². The van der Waals surface area contributed by atoms with Gasteiger partial charge in [0.2, 0.25) is 0 Å². The largest absolute Gasteiger partial charge is 0.480 e. The van der Waals surface area contributed by atoms with Crippen molar-refractivity contribution in [1.29, 1.82) is 0 Å². The van der Waals surface area contributed by atoms with E-state index in [4.69, 9.17) is 10.8 Å². The van der Waals surface area contributed by atoms with E-state index in [2.05, 4.69) is 24.5 Å². The zero-order valence-electron chi connectivity index (χ0n) is 11.8. The Bertz CT molecular complexity index is 652. The highest BCUT2D eigenvalue weighted by molar-refractivity contribution is 5.85. The number of carboxylic acid groups (broad SMARTS) is 1. The van der Waals surface area contributed by atoms with Gasteiger partial charge in [-0.25, -0.2) is 0 Å². The Morgan fingerprint density at radius 2 is 2.10 bits per heavy atom. The number of nitrogens with zero attached hydrogens (tertiary/aromatic N) is 1. The van der Waals surface area contributed by atoms with Crippen molar-refractivity contribution in [3.8, 4) is 0 Å². The van der Waals surface area contributed by atoms with Crippen molar-refractivity contribution in [3.05, 3.63) is 47.7 Å². The van der Waals surface area contributed by atoms with Crippen LogP contribution in [0.3, 0.4) is 0 Å². The van der Waals surface area contributed by atoms with Crippen molar-refractivity contribution in [2.45, 2.75) is 32.9 Å². The molecule has 2 rings (SSSR count). The number of aliphatic carboxylic acids is 1. The second kappa shape index (κ2) is 5.92. The van der Waals surface area contributed by atoms with Crippen LogP contribution in [0.15, 0.2) is 42.1 Å². The Morgan fingerprint density at radius 3 is 2.75 bits per heavy atom. The van der Waals surface area contributed by atoms with Crippen molar-refractivity contribution >= 4 is 16.9 Å². The van der Waals surface area contributed by atoms with Crippen molar-refractivity contribution in [1.82, 2.24) is 4.57 Å². The summed E-state index contributed by atoms with van der Waals surface area (Å²) in [6.45, 7) is 4.91. The van der Waals surface area contributed by atoms with Gasteiger partial charge in [-0.2, -0.15) is 0 Å². The fourth-order valence-electron chi connectivity index (χ4n) is 2.24. The molecule has 1 heterocycles. The highest BCUT2D eigenvalue weighted by Crippen LogP contribution is 2.22. The summed E-state index contributed by atoms with van der Waals surface area (Å²) in [5, 5.41) is 10.0. The number of fused-ring (bicyclic) bond motifs is 1. The first-order valence-electron chi connectivity index (χ1n) is 6.67. The molecule has 1 atom stereocenters. The van der Waals surface area contributed by atoms with Gasteiger partial charge in [-0.3, -0.25) is 4.79 Å². The normalized spacial score (nSPS) is 12.3. The van der Waals surface area contributed by atoms with E-state index in [0.717, 1.165) is 23.0 Å². The molecule has 4 nitrogen and oxygen atoms in total. The topological polar surface area (TPSA) is 68.2 Å². The third kappa shape index (κ3) is 3.08. The highest BCUT2D eigenvalue weighted by atomic mass is 16.4. The lowest BCUT2D eigenvalue weighted by molar-refractivity contribution is -0.138. The van der Waals surface area contributed by atoms with Crippen LogP contribution < -0.4 is 5.73 Å². The van der Waals surface area contributed by atoms with Crippen molar-refractivity contribution in [3.63, 3.8) is 0 Å². The molecular weight excluding hydrogens is 252 g/mol. The van der Waals surface area contributed by atoms with E-state index < -0.39 is 12.0 Å². The standard InChI is InChI=1S/C16H20N2O2/c1-11(2)7-8-18-10-12(9-14(17)16(19)20)13-5-3-4-6-15(13)18/h3-7,10,14H,8-9,17H2,1-2H3,(H,19,20)/t14-/m0/s1. The van der Waals surface area contributed by atoms with Crippen LogP contribution in [-0.2, 0) is 17.8 Å². The van der Waals surface area contributed by atoms with E-state index in [1.807, 2.05) is 30.5 Å². The molecular formula is C16H20N2O2. The molecule has 0 aliphatic rings. The second-order valence-electron chi connectivity index (χ2n) is 5.25. The summed E-state index contributed by atoms with van der Waals surface area (Å²) in [5.74, 6) is -0.967. The molecule has 0 radical (unpaired) electrons. The van der Waals surface area contributed by atoms with Gasteiger partial charge in [0, 0.05) is 30.1 Å².